The predicted molar refractivity (Wildman–Crippen MR) is 111 cm³/mol. The largest absolute Gasteiger partial charge is 0.494 e. The van der Waals surface area contributed by atoms with Gasteiger partial charge in [0.05, 0.1) is 24.4 Å². The number of ether oxygens (including phenoxy) is 1. The van der Waals surface area contributed by atoms with Crippen LogP contribution >= 0.6 is 23.2 Å². The molecule has 2 aromatic carbocycles. The molecule has 0 aliphatic heterocycles. The van der Waals surface area contributed by atoms with Crippen molar-refractivity contribution < 1.29 is 14.3 Å². The predicted octanol–water partition coefficient (Wildman–Crippen LogP) is 4.05. The van der Waals surface area contributed by atoms with Crippen LogP contribution in [0.15, 0.2) is 47.6 Å². The molecule has 0 saturated heterocycles. The van der Waals surface area contributed by atoms with Crippen LogP contribution in [-0.2, 0) is 4.79 Å². The third-order valence-electron chi connectivity index (χ3n) is 3.65. The maximum atomic E-state index is 12.1. The van der Waals surface area contributed by atoms with Crippen molar-refractivity contribution in [3.63, 3.8) is 0 Å². The van der Waals surface area contributed by atoms with Crippen LogP contribution in [0.25, 0.3) is 0 Å². The van der Waals surface area contributed by atoms with E-state index in [0.29, 0.717) is 33.5 Å². The molecular weight excluding hydrogens is 401 g/mol. The summed E-state index contributed by atoms with van der Waals surface area (Å²) in [6, 6.07) is 11.7. The number of nitrogens with zero attached hydrogens (tertiary/aromatic N) is 1. The van der Waals surface area contributed by atoms with Crippen molar-refractivity contribution in [2.45, 2.75) is 19.8 Å². The average Bonchev–Trinajstić information content (AvgIpc) is 2.68. The normalized spacial score (nSPS) is 10.7. The van der Waals surface area contributed by atoms with Gasteiger partial charge in [-0.15, -0.1) is 0 Å². The number of hydrogen-bond acceptors (Lipinski definition) is 4. The van der Waals surface area contributed by atoms with Gasteiger partial charge in [0, 0.05) is 16.1 Å². The second-order valence-electron chi connectivity index (χ2n) is 5.87. The summed E-state index contributed by atoms with van der Waals surface area (Å²) in [7, 11) is 0. The summed E-state index contributed by atoms with van der Waals surface area (Å²) >= 11 is 11.8. The van der Waals surface area contributed by atoms with Gasteiger partial charge in [0.1, 0.15) is 5.75 Å². The smallest absolute Gasteiger partial charge is 0.259 e. The lowest BCUT2D eigenvalue weighted by atomic mass is 10.2. The summed E-state index contributed by atoms with van der Waals surface area (Å²) in [4.78, 5) is 23.9. The highest BCUT2D eigenvalue weighted by Crippen LogP contribution is 2.19. The zero-order chi connectivity index (χ0) is 20.4. The van der Waals surface area contributed by atoms with E-state index < -0.39 is 5.91 Å². The van der Waals surface area contributed by atoms with E-state index in [1.807, 2.05) is 0 Å². The first-order valence-electron chi connectivity index (χ1n) is 8.77. The Hall–Kier alpha value is -2.57. The second-order valence-corrected chi connectivity index (χ2v) is 6.71. The second kappa shape index (κ2) is 11.3. The number of hydrazone groups is 1. The number of carbonyl (C=O) groups excluding carboxylic acids is 2. The van der Waals surface area contributed by atoms with Gasteiger partial charge in [0.2, 0.25) is 0 Å². The Bertz CT molecular complexity index is 839. The zero-order valence-corrected chi connectivity index (χ0v) is 16.9. The number of amides is 2. The van der Waals surface area contributed by atoms with E-state index in [0.717, 1.165) is 12.8 Å². The molecule has 8 heteroatoms. The first-order chi connectivity index (χ1) is 13.5. The first-order valence-corrected chi connectivity index (χ1v) is 9.53. The van der Waals surface area contributed by atoms with Crippen molar-refractivity contribution in [2.75, 3.05) is 13.2 Å². The molecule has 0 unspecified atom stereocenters. The molecule has 0 aliphatic rings. The summed E-state index contributed by atoms with van der Waals surface area (Å²) in [6.45, 7) is 2.52. The van der Waals surface area contributed by atoms with E-state index in [4.69, 9.17) is 27.9 Å². The fourth-order valence-electron chi connectivity index (χ4n) is 2.12. The molecule has 0 fully saturated rings. The Morgan fingerprint density at radius 1 is 1.14 bits per heavy atom. The van der Waals surface area contributed by atoms with Crippen molar-refractivity contribution in [2.24, 2.45) is 5.10 Å². The highest BCUT2D eigenvalue weighted by molar-refractivity contribution is 6.36. The van der Waals surface area contributed by atoms with E-state index in [2.05, 4.69) is 22.8 Å². The quantitative estimate of drug-likeness (QED) is 0.364. The van der Waals surface area contributed by atoms with Crippen molar-refractivity contribution in [1.82, 2.24) is 10.7 Å². The number of unbranched alkanes of at least 4 members (excludes halogenated alkanes) is 1. The molecule has 2 amide bonds. The van der Waals surface area contributed by atoms with Crippen molar-refractivity contribution in [1.29, 1.82) is 0 Å². The maximum absolute atomic E-state index is 12.1. The monoisotopic (exact) mass is 421 g/mol. The van der Waals surface area contributed by atoms with Crippen LogP contribution in [0.2, 0.25) is 10.0 Å². The lowest BCUT2D eigenvalue weighted by Crippen LogP contribution is -2.34. The van der Waals surface area contributed by atoms with Crippen LogP contribution in [-0.4, -0.2) is 31.2 Å². The molecule has 0 heterocycles. The number of rotatable bonds is 9. The van der Waals surface area contributed by atoms with Crippen LogP contribution in [0, 0.1) is 0 Å². The molecule has 2 rings (SSSR count). The van der Waals surface area contributed by atoms with Crippen LogP contribution in [0.4, 0.5) is 0 Å². The van der Waals surface area contributed by atoms with E-state index in [-0.39, 0.29) is 12.5 Å². The van der Waals surface area contributed by atoms with Crippen molar-refractivity contribution in [3.05, 3.63) is 63.6 Å². The first kappa shape index (κ1) is 21.7. The number of halogens is 2. The molecule has 2 aromatic rings. The Balaban J connectivity index is 1.77. The summed E-state index contributed by atoms with van der Waals surface area (Å²) < 4.78 is 5.55. The van der Waals surface area contributed by atoms with Gasteiger partial charge >= 0.3 is 0 Å². The summed E-state index contributed by atoms with van der Waals surface area (Å²) in [5, 5.41) is 7.27. The van der Waals surface area contributed by atoms with Crippen LogP contribution in [0.5, 0.6) is 5.75 Å². The Morgan fingerprint density at radius 3 is 2.57 bits per heavy atom. The SMILES string of the molecule is CCCCOc1ccc(C(=O)NCC(=O)NN=Cc2ccc(Cl)cc2Cl)cc1. The number of nitrogens with one attached hydrogen (secondary N) is 2. The molecule has 0 bridgehead atoms. The van der Waals surface area contributed by atoms with Gasteiger partial charge < -0.3 is 10.1 Å². The fraction of sp³-hybridized carbons (Fsp3) is 0.250. The molecule has 0 aliphatic carbocycles. The zero-order valence-electron chi connectivity index (χ0n) is 15.4. The Kier molecular flexibility index (Phi) is 8.78. The highest BCUT2D eigenvalue weighted by atomic mass is 35.5. The van der Waals surface area contributed by atoms with Gasteiger partial charge in [-0.25, -0.2) is 5.43 Å². The fourth-order valence-corrected chi connectivity index (χ4v) is 2.58. The molecule has 0 aromatic heterocycles. The van der Waals surface area contributed by atoms with Gasteiger partial charge in [-0.05, 0) is 42.8 Å². The summed E-state index contributed by atoms with van der Waals surface area (Å²) in [5.74, 6) is -0.118. The highest BCUT2D eigenvalue weighted by Gasteiger charge is 2.08. The molecule has 148 valence electrons. The molecule has 0 radical (unpaired) electrons. The van der Waals surface area contributed by atoms with E-state index in [1.54, 1.807) is 42.5 Å². The average molecular weight is 422 g/mol. The van der Waals surface area contributed by atoms with Gasteiger partial charge in [-0.3, -0.25) is 9.59 Å². The Labute approximate surface area is 173 Å². The molecule has 2 N–H and O–H groups in total. The van der Waals surface area contributed by atoms with Crippen LogP contribution < -0.4 is 15.5 Å². The van der Waals surface area contributed by atoms with Gasteiger partial charge in [-0.2, -0.15) is 5.10 Å². The molecule has 6 nitrogen and oxygen atoms in total. The van der Waals surface area contributed by atoms with Gasteiger partial charge in [0.25, 0.3) is 11.8 Å². The van der Waals surface area contributed by atoms with Crippen molar-refractivity contribution in [3.8, 4) is 5.75 Å². The number of carbonyl (C=O) groups is 2. The molecule has 28 heavy (non-hydrogen) atoms. The van der Waals surface area contributed by atoms with E-state index >= 15 is 0 Å². The number of hydrogen-bond donors (Lipinski definition) is 2. The lowest BCUT2D eigenvalue weighted by molar-refractivity contribution is -0.120. The van der Waals surface area contributed by atoms with Gasteiger partial charge in [0.15, 0.2) is 0 Å². The van der Waals surface area contributed by atoms with Crippen molar-refractivity contribution >= 4 is 41.2 Å². The van der Waals surface area contributed by atoms with Gasteiger partial charge in [-0.1, -0.05) is 42.6 Å². The minimum Gasteiger partial charge on any atom is -0.494 e. The minimum absolute atomic E-state index is 0.209. The molecule has 0 spiro atoms. The molecule has 0 atom stereocenters. The van der Waals surface area contributed by atoms with E-state index in [9.17, 15) is 9.59 Å². The standard InChI is InChI=1S/C20H21Cl2N3O3/c1-2-3-10-28-17-8-5-14(6-9-17)20(27)23-13-19(26)25-24-12-15-4-7-16(21)11-18(15)22/h4-9,11-12H,2-3,10,13H2,1H3,(H,23,27)(H,25,26). The van der Waals surface area contributed by atoms with Crippen LogP contribution in [0.3, 0.4) is 0 Å². The summed E-state index contributed by atoms with van der Waals surface area (Å²) in [5.41, 5.74) is 3.37. The lowest BCUT2D eigenvalue weighted by Gasteiger charge is -2.07. The third-order valence-corrected chi connectivity index (χ3v) is 4.21. The van der Waals surface area contributed by atoms with E-state index in [1.165, 1.54) is 6.21 Å². The molecule has 0 saturated carbocycles. The maximum Gasteiger partial charge on any atom is 0.259 e. The number of benzene rings is 2. The molecular formula is C20H21Cl2N3O3. The summed E-state index contributed by atoms with van der Waals surface area (Å²) in [6.07, 6.45) is 3.43. The third kappa shape index (κ3) is 7.21. The minimum atomic E-state index is -0.464. The van der Waals surface area contributed by atoms with Crippen LogP contribution in [0.1, 0.15) is 35.7 Å². The Morgan fingerprint density at radius 2 is 1.89 bits per heavy atom. The topological polar surface area (TPSA) is 79.8 Å².